The van der Waals surface area contributed by atoms with Crippen molar-refractivity contribution in [1.29, 1.82) is 0 Å². The fraction of sp³-hybridized carbons (Fsp3) is 0.400. The second-order valence-corrected chi connectivity index (χ2v) is 2.94. The summed E-state index contributed by atoms with van der Waals surface area (Å²) in [6.45, 7) is -0.955. The largest absolute Gasteiger partial charge is 1.00 e. The van der Waals surface area contributed by atoms with Gasteiger partial charge in [-0.15, -0.1) is 0 Å². The molecule has 0 saturated carbocycles. The standard InChI is InChI=1S/C5H7NO4S2.Na/c7-3(8)1-6(5(11)12)2-4(9)10;/h1-2H2,(H,7,8)(H,9,10)(H,11,12);/q;+1/p-1. The van der Waals surface area contributed by atoms with Crippen molar-refractivity contribution in [1.82, 2.24) is 4.90 Å². The van der Waals surface area contributed by atoms with Gasteiger partial charge in [-0.3, -0.25) is 9.59 Å². The Hall–Kier alpha value is 0.0500. The van der Waals surface area contributed by atoms with Crippen molar-refractivity contribution in [2.45, 2.75) is 0 Å². The second kappa shape index (κ2) is 7.45. The van der Waals surface area contributed by atoms with Crippen LogP contribution in [0.4, 0.5) is 0 Å². The van der Waals surface area contributed by atoms with Crippen LogP contribution >= 0.6 is 12.2 Å². The van der Waals surface area contributed by atoms with Crippen molar-refractivity contribution in [2.75, 3.05) is 13.1 Å². The average Bonchev–Trinajstić information content (AvgIpc) is 1.83. The molecule has 0 aromatic heterocycles. The Balaban J connectivity index is 0. The summed E-state index contributed by atoms with van der Waals surface area (Å²) in [5.74, 6) is -2.33. The first-order chi connectivity index (χ1) is 5.43. The number of carboxylic acids is 2. The predicted molar refractivity (Wildman–Crippen MR) is 46.8 cm³/mol. The summed E-state index contributed by atoms with van der Waals surface area (Å²) >= 11 is 8.94. The van der Waals surface area contributed by atoms with Crippen LogP contribution < -0.4 is 29.6 Å². The molecule has 0 heterocycles. The van der Waals surface area contributed by atoms with Gasteiger partial charge < -0.3 is 40.0 Å². The summed E-state index contributed by atoms with van der Waals surface area (Å²) in [7, 11) is 0. The van der Waals surface area contributed by atoms with Crippen LogP contribution in [-0.4, -0.2) is 44.5 Å². The molecule has 0 fully saturated rings. The number of hydrogen-bond donors (Lipinski definition) is 2. The quantitative estimate of drug-likeness (QED) is 0.293. The molecule has 2 N–H and O–H groups in total. The van der Waals surface area contributed by atoms with Gasteiger partial charge >= 0.3 is 41.5 Å². The van der Waals surface area contributed by atoms with E-state index in [9.17, 15) is 9.59 Å². The van der Waals surface area contributed by atoms with Gasteiger partial charge in [-0.2, -0.15) is 0 Å². The zero-order chi connectivity index (χ0) is 9.72. The monoisotopic (exact) mass is 231 g/mol. The Labute approximate surface area is 108 Å². The molecule has 0 saturated heterocycles. The molecule has 0 unspecified atom stereocenters. The number of aliphatic carboxylic acids is 2. The minimum absolute atomic E-state index is 0. The van der Waals surface area contributed by atoms with Gasteiger partial charge in [-0.1, -0.05) is 4.32 Å². The van der Waals surface area contributed by atoms with Crippen LogP contribution in [-0.2, 0) is 22.2 Å². The topological polar surface area (TPSA) is 77.8 Å². The van der Waals surface area contributed by atoms with Crippen LogP contribution in [0.3, 0.4) is 0 Å². The number of thiocarbonyl (C=S) groups is 1. The van der Waals surface area contributed by atoms with Crippen molar-refractivity contribution in [3.63, 3.8) is 0 Å². The van der Waals surface area contributed by atoms with E-state index in [-0.39, 0.29) is 33.9 Å². The van der Waals surface area contributed by atoms with Crippen LogP contribution in [0.2, 0.25) is 0 Å². The van der Waals surface area contributed by atoms with E-state index >= 15 is 0 Å². The van der Waals surface area contributed by atoms with Gasteiger partial charge in [-0.25, -0.2) is 0 Å². The summed E-state index contributed by atoms with van der Waals surface area (Å²) in [4.78, 5) is 21.2. The van der Waals surface area contributed by atoms with Gasteiger partial charge in [0.05, 0.1) is 0 Å². The van der Waals surface area contributed by atoms with Crippen LogP contribution in [0.1, 0.15) is 0 Å². The van der Waals surface area contributed by atoms with E-state index in [1.165, 1.54) is 0 Å². The molecule has 0 radical (unpaired) electrons. The molecule has 0 aromatic rings. The number of carbonyl (C=O) groups is 2. The second-order valence-electron chi connectivity index (χ2n) is 1.91. The van der Waals surface area contributed by atoms with E-state index in [0.717, 1.165) is 4.90 Å². The minimum atomic E-state index is -1.16. The summed E-state index contributed by atoms with van der Waals surface area (Å²) in [5.41, 5.74) is 0. The SMILES string of the molecule is O=C(O)CN(CC(=O)O)C(=S)[S-].[Na+]. The third-order valence-electron chi connectivity index (χ3n) is 0.910. The third-order valence-corrected chi connectivity index (χ3v) is 1.43. The maximum Gasteiger partial charge on any atom is 1.00 e. The summed E-state index contributed by atoms with van der Waals surface area (Å²) < 4.78 is -0.153. The fourth-order valence-corrected chi connectivity index (χ4v) is 0.770. The molecule has 8 heteroatoms. The summed E-state index contributed by atoms with van der Waals surface area (Å²) in [5, 5.41) is 16.6. The molecular formula is C5H6NNaO4S2. The molecule has 0 spiro atoms. The summed E-state index contributed by atoms with van der Waals surface area (Å²) in [6, 6.07) is 0. The number of rotatable bonds is 4. The molecule has 0 aromatic carbocycles. The Bertz CT molecular complexity index is 207. The first kappa shape index (κ1) is 15.5. The smallest absolute Gasteiger partial charge is 0.480 e. The Kier molecular flexibility index (Phi) is 8.90. The molecule has 5 nitrogen and oxygen atoms in total. The Morgan fingerprint density at radius 3 is 1.69 bits per heavy atom. The van der Waals surface area contributed by atoms with Gasteiger partial charge in [-0.05, 0) is 0 Å². The normalized spacial score (nSPS) is 8.31. The van der Waals surface area contributed by atoms with Gasteiger partial charge in [0.15, 0.2) is 0 Å². The number of carboxylic acid groups (broad SMARTS) is 2. The van der Waals surface area contributed by atoms with E-state index in [1.807, 2.05) is 0 Å². The van der Waals surface area contributed by atoms with Crippen molar-refractivity contribution in [2.24, 2.45) is 0 Å². The van der Waals surface area contributed by atoms with Gasteiger partial charge in [0.2, 0.25) is 0 Å². The summed E-state index contributed by atoms with van der Waals surface area (Å²) in [6.07, 6.45) is 0. The average molecular weight is 231 g/mol. The van der Waals surface area contributed by atoms with Crippen LogP contribution in [0.15, 0.2) is 0 Å². The fourth-order valence-electron chi connectivity index (χ4n) is 0.512. The van der Waals surface area contributed by atoms with E-state index in [2.05, 4.69) is 24.8 Å². The maximum atomic E-state index is 10.2. The van der Waals surface area contributed by atoms with Crippen molar-refractivity contribution < 1.29 is 49.4 Å². The Morgan fingerprint density at radius 2 is 1.54 bits per heavy atom. The molecule has 0 bridgehead atoms. The zero-order valence-corrected chi connectivity index (χ0v) is 10.5. The molecule has 68 valence electrons. The third kappa shape index (κ3) is 8.38. The molecule has 13 heavy (non-hydrogen) atoms. The molecule has 0 amide bonds. The van der Waals surface area contributed by atoms with E-state index in [0.29, 0.717) is 0 Å². The molecule has 0 rings (SSSR count). The van der Waals surface area contributed by atoms with Gasteiger partial charge in [0, 0.05) is 0 Å². The van der Waals surface area contributed by atoms with E-state index in [4.69, 9.17) is 10.2 Å². The van der Waals surface area contributed by atoms with Crippen LogP contribution in [0.25, 0.3) is 0 Å². The minimum Gasteiger partial charge on any atom is -0.480 e. The van der Waals surface area contributed by atoms with E-state index in [1.54, 1.807) is 0 Å². The number of nitrogens with zero attached hydrogens (tertiary/aromatic N) is 1. The van der Waals surface area contributed by atoms with Crippen molar-refractivity contribution >= 4 is 41.1 Å². The molecule has 0 aliphatic carbocycles. The van der Waals surface area contributed by atoms with Crippen LogP contribution in [0, 0.1) is 0 Å². The number of hydrogen-bond acceptors (Lipinski definition) is 4. The first-order valence-corrected chi connectivity index (χ1v) is 3.64. The molecular weight excluding hydrogens is 225 g/mol. The van der Waals surface area contributed by atoms with Crippen molar-refractivity contribution in [3.05, 3.63) is 0 Å². The Morgan fingerprint density at radius 1 is 1.23 bits per heavy atom. The van der Waals surface area contributed by atoms with Gasteiger partial charge in [0.1, 0.15) is 13.1 Å². The molecule has 0 atom stereocenters. The van der Waals surface area contributed by atoms with E-state index < -0.39 is 25.0 Å². The van der Waals surface area contributed by atoms with Crippen molar-refractivity contribution in [3.8, 4) is 0 Å². The molecule has 0 aliphatic heterocycles. The van der Waals surface area contributed by atoms with Gasteiger partial charge in [0.25, 0.3) is 0 Å². The molecule has 0 aliphatic rings. The zero-order valence-electron chi connectivity index (χ0n) is 6.89. The first-order valence-electron chi connectivity index (χ1n) is 2.83. The van der Waals surface area contributed by atoms with Crippen LogP contribution in [0.5, 0.6) is 0 Å². The predicted octanol–water partition coefficient (Wildman–Crippen LogP) is -3.71. The maximum absolute atomic E-state index is 10.2.